The Labute approximate surface area is 81.9 Å². The van der Waals surface area contributed by atoms with Gasteiger partial charge in [0.2, 0.25) is 0 Å². The molecule has 0 spiro atoms. The predicted octanol–water partition coefficient (Wildman–Crippen LogP) is 3.14. The minimum absolute atomic E-state index is 0.436. The molecule has 1 saturated carbocycles. The maximum absolute atomic E-state index is 10.2. The van der Waals surface area contributed by atoms with Crippen molar-refractivity contribution < 1.29 is 5.11 Å². The first-order valence-electron chi connectivity index (χ1n) is 5.41. The lowest BCUT2D eigenvalue weighted by Gasteiger charge is -2.38. The smallest absolute Gasteiger partial charge is 0.0684 e. The molecule has 2 atom stereocenters. The van der Waals surface area contributed by atoms with Gasteiger partial charge in [-0.3, -0.25) is 0 Å². The molecule has 1 heteroatoms. The normalized spacial score (nSPS) is 34.9. The second-order valence-corrected chi connectivity index (χ2v) is 4.82. The molecule has 1 aliphatic carbocycles. The highest BCUT2D eigenvalue weighted by Crippen LogP contribution is 2.38. The average Bonchev–Trinajstić information content (AvgIpc) is 2.04. The van der Waals surface area contributed by atoms with Gasteiger partial charge in [-0.2, -0.15) is 0 Å². The summed E-state index contributed by atoms with van der Waals surface area (Å²) in [5.41, 5.74) is -0.436. The number of rotatable bonds is 3. The van der Waals surface area contributed by atoms with Crippen molar-refractivity contribution in [1.29, 1.82) is 0 Å². The molecule has 76 valence electrons. The second kappa shape index (κ2) is 4.28. The number of hydrogen-bond donors (Lipinski definition) is 1. The van der Waals surface area contributed by atoms with E-state index in [1.165, 1.54) is 12.8 Å². The fourth-order valence-electron chi connectivity index (χ4n) is 2.41. The molecular formula is C12H22O. The van der Waals surface area contributed by atoms with Gasteiger partial charge in [0, 0.05) is 0 Å². The van der Waals surface area contributed by atoms with Gasteiger partial charge in [0.15, 0.2) is 0 Å². The molecule has 13 heavy (non-hydrogen) atoms. The summed E-state index contributed by atoms with van der Waals surface area (Å²) in [5, 5.41) is 10.2. The summed E-state index contributed by atoms with van der Waals surface area (Å²) in [4.78, 5) is 0. The van der Waals surface area contributed by atoms with Crippen LogP contribution in [0.25, 0.3) is 0 Å². The summed E-state index contributed by atoms with van der Waals surface area (Å²) in [6.07, 6.45) is 7.00. The highest BCUT2D eigenvalue weighted by Gasteiger charge is 2.33. The zero-order chi connectivity index (χ0) is 9.90. The van der Waals surface area contributed by atoms with Crippen molar-refractivity contribution in [3.8, 4) is 0 Å². The lowest BCUT2D eigenvalue weighted by molar-refractivity contribution is -0.0217. The van der Waals surface area contributed by atoms with E-state index in [-0.39, 0.29) is 0 Å². The van der Waals surface area contributed by atoms with Crippen molar-refractivity contribution in [2.75, 3.05) is 0 Å². The fraction of sp³-hybridized carbons (Fsp3) is 0.833. The summed E-state index contributed by atoms with van der Waals surface area (Å²) in [5.74, 6) is 1.41. The van der Waals surface area contributed by atoms with Crippen LogP contribution in [0.1, 0.15) is 46.0 Å². The van der Waals surface area contributed by atoms with E-state index < -0.39 is 5.60 Å². The van der Waals surface area contributed by atoms with E-state index in [1.807, 2.05) is 6.08 Å². The Bertz CT molecular complexity index is 174. The topological polar surface area (TPSA) is 20.2 Å². The van der Waals surface area contributed by atoms with Gasteiger partial charge in [-0.25, -0.2) is 0 Å². The molecular weight excluding hydrogens is 160 g/mol. The number of aliphatic hydroxyl groups is 1. The predicted molar refractivity (Wildman–Crippen MR) is 56.6 cm³/mol. The molecule has 0 aromatic rings. The van der Waals surface area contributed by atoms with E-state index in [4.69, 9.17) is 0 Å². The standard InChI is InChI=1S/C12H22O/c1-4-7-12(13)8-5-6-11(9-12)10(2)3/h4,10-11,13H,1,5-9H2,2-3H3. The van der Waals surface area contributed by atoms with Crippen LogP contribution in [-0.4, -0.2) is 10.7 Å². The van der Waals surface area contributed by atoms with Crippen LogP contribution in [0.3, 0.4) is 0 Å². The highest BCUT2D eigenvalue weighted by molar-refractivity contribution is 4.92. The van der Waals surface area contributed by atoms with Crippen molar-refractivity contribution >= 4 is 0 Å². The van der Waals surface area contributed by atoms with E-state index in [2.05, 4.69) is 20.4 Å². The lowest BCUT2D eigenvalue weighted by Crippen LogP contribution is -2.36. The second-order valence-electron chi connectivity index (χ2n) is 4.82. The van der Waals surface area contributed by atoms with Crippen LogP contribution >= 0.6 is 0 Å². The minimum atomic E-state index is -0.436. The van der Waals surface area contributed by atoms with Crippen molar-refractivity contribution in [2.24, 2.45) is 11.8 Å². The van der Waals surface area contributed by atoms with E-state index in [9.17, 15) is 5.11 Å². The molecule has 0 radical (unpaired) electrons. The van der Waals surface area contributed by atoms with Gasteiger partial charge in [-0.15, -0.1) is 6.58 Å². The molecule has 1 fully saturated rings. The highest BCUT2D eigenvalue weighted by atomic mass is 16.3. The SMILES string of the molecule is C=CCC1(O)CCCC(C(C)C)C1. The number of hydrogen-bond acceptors (Lipinski definition) is 1. The van der Waals surface area contributed by atoms with E-state index >= 15 is 0 Å². The van der Waals surface area contributed by atoms with Gasteiger partial charge in [-0.1, -0.05) is 26.3 Å². The van der Waals surface area contributed by atoms with Crippen molar-refractivity contribution in [3.05, 3.63) is 12.7 Å². The average molecular weight is 182 g/mol. The first-order valence-corrected chi connectivity index (χ1v) is 5.41. The maximum atomic E-state index is 10.2. The van der Waals surface area contributed by atoms with Crippen LogP contribution in [0.5, 0.6) is 0 Å². The Kier molecular flexibility index (Phi) is 3.55. The largest absolute Gasteiger partial charge is 0.390 e. The summed E-state index contributed by atoms with van der Waals surface area (Å²) in [6.45, 7) is 8.22. The summed E-state index contributed by atoms with van der Waals surface area (Å²) in [6, 6.07) is 0. The molecule has 0 saturated heterocycles. The first-order chi connectivity index (χ1) is 6.07. The fourth-order valence-corrected chi connectivity index (χ4v) is 2.41. The van der Waals surface area contributed by atoms with Crippen LogP contribution in [0.4, 0.5) is 0 Å². The molecule has 1 rings (SSSR count). The summed E-state index contributed by atoms with van der Waals surface area (Å²) < 4.78 is 0. The molecule has 2 unspecified atom stereocenters. The van der Waals surface area contributed by atoms with E-state index in [0.29, 0.717) is 11.8 Å². The third-order valence-electron chi connectivity index (χ3n) is 3.33. The van der Waals surface area contributed by atoms with Crippen LogP contribution in [-0.2, 0) is 0 Å². The van der Waals surface area contributed by atoms with Gasteiger partial charge in [-0.05, 0) is 37.5 Å². The lowest BCUT2D eigenvalue weighted by atomic mass is 9.72. The zero-order valence-corrected chi connectivity index (χ0v) is 8.92. The Balaban J connectivity index is 2.54. The van der Waals surface area contributed by atoms with Crippen molar-refractivity contribution in [2.45, 2.75) is 51.6 Å². The Morgan fingerprint density at radius 1 is 1.62 bits per heavy atom. The third-order valence-corrected chi connectivity index (χ3v) is 3.33. The molecule has 0 aromatic heterocycles. The van der Waals surface area contributed by atoms with Crippen LogP contribution in [0, 0.1) is 11.8 Å². The third kappa shape index (κ3) is 2.84. The van der Waals surface area contributed by atoms with Crippen LogP contribution < -0.4 is 0 Å². The summed E-state index contributed by atoms with van der Waals surface area (Å²) >= 11 is 0. The molecule has 1 aliphatic rings. The first kappa shape index (κ1) is 10.8. The van der Waals surface area contributed by atoms with E-state index in [1.54, 1.807) is 0 Å². The monoisotopic (exact) mass is 182 g/mol. The Morgan fingerprint density at radius 3 is 2.85 bits per heavy atom. The van der Waals surface area contributed by atoms with Gasteiger partial charge in [0.25, 0.3) is 0 Å². The molecule has 0 bridgehead atoms. The van der Waals surface area contributed by atoms with Gasteiger partial charge >= 0.3 is 0 Å². The van der Waals surface area contributed by atoms with Crippen LogP contribution in [0.15, 0.2) is 12.7 Å². The van der Waals surface area contributed by atoms with Crippen molar-refractivity contribution in [1.82, 2.24) is 0 Å². The summed E-state index contributed by atoms with van der Waals surface area (Å²) in [7, 11) is 0. The molecule has 1 nitrogen and oxygen atoms in total. The molecule has 0 amide bonds. The van der Waals surface area contributed by atoms with Gasteiger partial charge < -0.3 is 5.11 Å². The Hall–Kier alpha value is -0.300. The maximum Gasteiger partial charge on any atom is 0.0684 e. The zero-order valence-electron chi connectivity index (χ0n) is 8.92. The Morgan fingerprint density at radius 2 is 2.31 bits per heavy atom. The van der Waals surface area contributed by atoms with E-state index in [0.717, 1.165) is 19.3 Å². The van der Waals surface area contributed by atoms with Gasteiger partial charge in [0.1, 0.15) is 0 Å². The van der Waals surface area contributed by atoms with Gasteiger partial charge in [0.05, 0.1) is 5.60 Å². The molecule has 0 heterocycles. The molecule has 0 aliphatic heterocycles. The molecule has 1 N–H and O–H groups in total. The minimum Gasteiger partial charge on any atom is -0.390 e. The van der Waals surface area contributed by atoms with Crippen molar-refractivity contribution in [3.63, 3.8) is 0 Å². The quantitative estimate of drug-likeness (QED) is 0.665. The van der Waals surface area contributed by atoms with Crippen LogP contribution in [0.2, 0.25) is 0 Å². The molecule has 0 aromatic carbocycles.